The van der Waals surface area contributed by atoms with Crippen molar-refractivity contribution in [3.8, 4) is 0 Å². The van der Waals surface area contributed by atoms with Gasteiger partial charge in [0.25, 0.3) is 0 Å². The Bertz CT molecular complexity index is 412. The highest BCUT2D eigenvalue weighted by molar-refractivity contribution is 8.13. The van der Waals surface area contributed by atoms with Crippen molar-refractivity contribution in [1.82, 2.24) is 4.90 Å². The highest BCUT2D eigenvalue weighted by Crippen LogP contribution is 2.33. The molecule has 0 unspecified atom stereocenters. The van der Waals surface area contributed by atoms with Gasteiger partial charge in [0.15, 0.2) is 0 Å². The molecule has 88 valence electrons. The van der Waals surface area contributed by atoms with Crippen molar-refractivity contribution in [3.63, 3.8) is 0 Å². The number of thioether (sulfide) groups is 1. The van der Waals surface area contributed by atoms with E-state index in [1.807, 2.05) is 49.8 Å². The first-order chi connectivity index (χ1) is 7.43. The maximum atomic E-state index is 6.14. The van der Waals surface area contributed by atoms with Crippen LogP contribution in [0.5, 0.6) is 0 Å². The summed E-state index contributed by atoms with van der Waals surface area (Å²) in [6.07, 6.45) is 0. The third-order valence-electron chi connectivity index (χ3n) is 1.88. The summed E-state index contributed by atoms with van der Waals surface area (Å²) in [5.74, 6) is 0. The Balaban J connectivity index is 3.05. The summed E-state index contributed by atoms with van der Waals surface area (Å²) >= 11 is 13.7. The molecule has 2 nitrogen and oxygen atoms in total. The summed E-state index contributed by atoms with van der Waals surface area (Å²) in [6.45, 7) is 0. The van der Waals surface area contributed by atoms with Gasteiger partial charge < -0.3 is 0 Å². The molecule has 0 N–H and O–H groups in total. The maximum Gasteiger partial charge on any atom is 0.312 e. The first kappa shape index (κ1) is 13.7. The van der Waals surface area contributed by atoms with Crippen LogP contribution in [0.2, 0.25) is 10.0 Å². The Morgan fingerprint density at radius 2 is 1.88 bits per heavy atom. The van der Waals surface area contributed by atoms with Crippen molar-refractivity contribution >= 4 is 40.1 Å². The van der Waals surface area contributed by atoms with Crippen molar-refractivity contribution in [2.45, 2.75) is 4.90 Å². The van der Waals surface area contributed by atoms with Crippen LogP contribution in [0.1, 0.15) is 0 Å². The van der Waals surface area contributed by atoms with E-state index in [2.05, 4.69) is 0 Å². The Hall–Kier alpha value is -0.380. The summed E-state index contributed by atoms with van der Waals surface area (Å²) in [5, 5.41) is 2.29. The van der Waals surface area contributed by atoms with E-state index in [0.717, 1.165) is 10.1 Å². The normalized spacial score (nSPS) is 10.1. The van der Waals surface area contributed by atoms with E-state index in [1.54, 1.807) is 17.8 Å². The lowest BCUT2D eigenvalue weighted by atomic mass is 10.4. The Labute approximate surface area is 111 Å². The molecule has 0 aliphatic carbocycles. The lowest BCUT2D eigenvalue weighted by Crippen LogP contribution is -2.26. The number of hydrogen-bond acceptors (Lipinski definition) is 1. The van der Waals surface area contributed by atoms with Gasteiger partial charge in [-0.1, -0.05) is 29.3 Å². The number of rotatable bonds is 1. The van der Waals surface area contributed by atoms with Gasteiger partial charge in [-0.25, -0.2) is 0 Å². The first-order valence-corrected chi connectivity index (χ1v) is 6.34. The second kappa shape index (κ2) is 5.80. The maximum absolute atomic E-state index is 6.14. The van der Waals surface area contributed by atoms with Crippen molar-refractivity contribution in [1.29, 1.82) is 0 Å². The molecule has 0 saturated carbocycles. The zero-order valence-electron chi connectivity index (χ0n) is 9.79. The number of benzene rings is 1. The number of nitrogens with zero attached hydrogens (tertiary/aromatic N) is 2. The van der Waals surface area contributed by atoms with Crippen LogP contribution in [0.4, 0.5) is 0 Å². The molecule has 0 aliphatic rings. The molecule has 0 aromatic heterocycles. The van der Waals surface area contributed by atoms with Gasteiger partial charge in [0, 0.05) is 4.90 Å². The monoisotopic (exact) mass is 277 g/mol. The molecule has 0 saturated heterocycles. The molecule has 0 aliphatic heterocycles. The molecular formula is C11H15Cl2N2S+. The predicted octanol–water partition coefficient (Wildman–Crippen LogP) is 3.28. The standard InChI is InChI=1S/C11H15Cl2N2S/c1-14(2)11(15(3)4)16-9-7-5-6-8(12)10(9)13/h5-7H,1-4H3/q+1. The van der Waals surface area contributed by atoms with Crippen LogP contribution < -0.4 is 0 Å². The number of halogens is 2. The topological polar surface area (TPSA) is 6.25 Å². The van der Waals surface area contributed by atoms with Gasteiger partial charge >= 0.3 is 5.17 Å². The third-order valence-corrected chi connectivity index (χ3v) is 4.29. The summed E-state index contributed by atoms with van der Waals surface area (Å²) in [6, 6.07) is 5.66. The largest absolute Gasteiger partial charge is 0.312 e. The van der Waals surface area contributed by atoms with Crippen LogP contribution in [-0.2, 0) is 0 Å². The second-order valence-corrected chi connectivity index (χ2v) is 5.52. The molecule has 0 heterocycles. The van der Waals surface area contributed by atoms with Crippen LogP contribution in [0.25, 0.3) is 0 Å². The predicted molar refractivity (Wildman–Crippen MR) is 73.1 cm³/mol. The molecular weight excluding hydrogens is 263 g/mol. The highest BCUT2D eigenvalue weighted by Gasteiger charge is 2.16. The van der Waals surface area contributed by atoms with E-state index in [9.17, 15) is 0 Å². The molecule has 1 aromatic rings. The minimum absolute atomic E-state index is 0.587. The summed E-state index contributed by atoms with van der Waals surface area (Å²) < 4.78 is 2.04. The minimum atomic E-state index is 0.587. The second-order valence-electron chi connectivity index (χ2n) is 3.73. The zero-order valence-corrected chi connectivity index (χ0v) is 12.1. The smallest absolute Gasteiger partial charge is 0.261 e. The van der Waals surface area contributed by atoms with E-state index >= 15 is 0 Å². The quantitative estimate of drug-likeness (QED) is 0.336. The summed E-state index contributed by atoms with van der Waals surface area (Å²) in [4.78, 5) is 3.01. The van der Waals surface area contributed by atoms with Gasteiger partial charge in [-0.05, 0) is 23.9 Å². The number of hydrogen-bond donors (Lipinski definition) is 0. The van der Waals surface area contributed by atoms with E-state index in [0.29, 0.717) is 10.0 Å². The van der Waals surface area contributed by atoms with Gasteiger partial charge in [0.05, 0.1) is 38.2 Å². The molecule has 0 atom stereocenters. The molecule has 0 fully saturated rings. The van der Waals surface area contributed by atoms with Crippen LogP contribution in [-0.4, -0.2) is 42.8 Å². The summed E-state index contributed by atoms with van der Waals surface area (Å²) in [5.41, 5.74) is 0. The van der Waals surface area contributed by atoms with Crippen LogP contribution >= 0.6 is 35.0 Å². The van der Waals surface area contributed by atoms with Crippen LogP contribution in [0.3, 0.4) is 0 Å². The van der Waals surface area contributed by atoms with Gasteiger partial charge in [-0.3, -0.25) is 9.48 Å². The van der Waals surface area contributed by atoms with Crippen LogP contribution in [0, 0.1) is 0 Å². The van der Waals surface area contributed by atoms with E-state index in [1.165, 1.54) is 0 Å². The fourth-order valence-corrected chi connectivity index (χ4v) is 2.62. The van der Waals surface area contributed by atoms with Crippen LogP contribution in [0.15, 0.2) is 23.1 Å². The molecule has 16 heavy (non-hydrogen) atoms. The molecule has 5 heteroatoms. The lowest BCUT2D eigenvalue weighted by Gasteiger charge is -2.11. The lowest BCUT2D eigenvalue weighted by molar-refractivity contribution is -0.466. The van der Waals surface area contributed by atoms with Gasteiger partial charge in [0.1, 0.15) is 0 Å². The molecule has 1 aromatic carbocycles. The molecule has 0 radical (unpaired) electrons. The first-order valence-electron chi connectivity index (χ1n) is 4.77. The van der Waals surface area contributed by atoms with E-state index in [4.69, 9.17) is 23.2 Å². The highest BCUT2D eigenvalue weighted by atomic mass is 35.5. The SMILES string of the molecule is CN(C)C(Sc1cccc(Cl)c1Cl)=[N+](C)C. The fourth-order valence-electron chi connectivity index (χ4n) is 1.24. The zero-order chi connectivity index (χ0) is 12.3. The van der Waals surface area contributed by atoms with Crippen molar-refractivity contribution in [3.05, 3.63) is 28.2 Å². The average molecular weight is 278 g/mol. The van der Waals surface area contributed by atoms with E-state index < -0.39 is 0 Å². The Kier molecular flexibility index (Phi) is 4.96. The van der Waals surface area contributed by atoms with Gasteiger partial charge in [0.2, 0.25) is 0 Å². The van der Waals surface area contributed by atoms with Gasteiger partial charge in [-0.2, -0.15) is 0 Å². The molecule has 0 amide bonds. The fraction of sp³-hybridized carbons (Fsp3) is 0.364. The third kappa shape index (κ3) is 3.30. The van der Waals surface area contributed by atoms with E-state index in [-0.39, 0.29) is 0 Å². The molecule has 0 bridgehead atoms. The average Bonchev–Trinajstić information content (AvgIpc) is 2.19. The van der Waals surface area contributed by atoms with Gasteiger partial charge in [-0.15, -0.1) is 0 Å². The minimum Gasteiger partial charge on any atom is -0.261 e. The summed E-state index contributed by atoms with van der Waals surface area (Å²) in [7, 11) is 8.00. The Morgan fingerprint density at radius 1 is 1.25 bits per heavy atom. The van der Waals surface area contributed by atoms with Crippen molar-refractivity contribution in [2.24, 2.45) is 0 Å². The molecule has 0 spiro atoms. The molecule has 1 rings (SSSR count). The van der Waals surface area contributed by atoms with Crippen molar-refractivity contribution < 1.29 is 4.58 Å². The number of amidine groups is 1. The Morgan fingerprint density at radius 3 is 2.38 bits per heavy atom. The van der Waals surface area contributed by atoms with Crippen molar-refractivity contribution in [2.75, 3.05) is 28.2 Å².